The molecule has 0 aromatic heterocycles. The molecule has 2 heterocycles. The van der Waals surface area contributed by atoms with Crippen LogP contribution in [0.2, 0.25) is 0 Å². The van der Waals surface area contributed by atoms with Crippen molar-refractivity contribution >= 4 is 11.8 Å². The van der Waals surface area contributed by atoms with Gasteiger partial charge in [0.1, 0.15) is 0 Å². The smallest absolute Gasteiger partial charge is 0.0312 e. The summed E-state index contributed by atoms with van der Waals surface area (Å²) in [6.07, 6.45) is 1.32. The van der Waals surface area contributed by atoms with Gasteiger partial charge >= 0.3 is 0 Å². The second-order valence-electron chi connectivity index (χ2n) is 2.98. The van der Waals surface area contributed by atoms with Crippen LogP contribution in [0, 0.1) is 0 Å². The van der Waals surface area contributed by atoms with Gasteiger partial charge in [-0.2, -0.15) is 11.8 Å². The minimum atomic E-state index is 0.757. The molecule has 0 aromatic rings. The van der Waals surface area contributed by atoms with Crippen LogP contribution >= 0.6 is 11.8 Å². The molecule has 0 radical (unpaired) electrons. The second kappa shape index (κ2) is 3.11. The van der Waals surface area contributed by atoms with Crippen molar-refractivity contribution in [3.8, 4) is 0 Å². The SMILES string of the molecule is C1CSCC2NCCC2N1. The fourth-order valence-electron chi connectivity index (χ4n) is 1.71. The maximum atomic E-state index is 3.56. The van der Waals surface area contributed by atoms with E-state index in [9.17, 15) is 0 Å². The lowest BCUT2D eigenvalue weighted by atomic mass is 10.1. The fourth-order valence-corrected chi connectivity index (χ4v) is 2.75. The Morgan fingerprint density at radius 3 is 3.00 bits per heavy atom. The van der Waals surface area contributed by atoms with E-state index >= 15 is 0 Å². The van der Waals surface area contributed by atoms with Crippen LogP contribution in [0.1, 0.15) is 6.42 Å². The topological polar surface area (TPSA) is 24.1 Å². The van der Waals surface area contributed by atoms with Gasteiger partial charge in [-0.1, -0.05) is 0 Å². The number of nitrogens with one attached hydrogen (secondary N) is 2. The van der Waals surface area contributed by atoms with Gasteiger partial charge in [-0.3, -0.25) is 0 Å². The zero-order chi connectivity index (χ0) is 6.81. The summed E-state index contributed by atoms with van der Waals surface area (Å²) in [6.45, 7) is 2.41. The highest BCUT2D eigenvalue weighted by Gasteiger charge is 2.27. The van der Waals surface area contributed by atoms with Gasteiger partial charge in [0, 0.05) is 30.1 Å². The van der Waals surface area contributed by atoms with E-state index in [0.717, 1.165) is 12.1 Å². The van der Waals surface area contributed by atoms with Crippen LogP contribution in [0.5, 0.6) is 0 Å². The molecule has 2 nitrogen and oxygen atoms in total. The van der Waals surface area contributed by atoms with Crippen molar-refractivity contribution in [3.05, 3.63) is 0 Å². The highest BCUT2D eigenvalue weighted by Crippen LogP contribution is 2.15. The third-order valence-electron chi connectivity index (χ3n) is 2.30. The summed E-state index contributed by atoms with van der Waals surface area (Å²) in [5, 5.41) is 7.08. The molecular formula is C7H14N2S. The van der Waals surface area contributed by atoms with E-state index in [4.69, 9.17) is 0 Å². The molecule has 2 rings (SSSR count). The maximum Gasteiger partial charge on any atom is 0.0312 e. The van der Waals surface area contributed by atoms with Gasteiger partial charge in [0.25, 0.3) is 0 Å². The molecule has 2 saturated heterocycles. The molecule has 2 unspecified atom stereocenters. The molecule has 10 heavy (non-hydrogen) atoms. The average molecular weight is 158 g/mol. The number of fused-ring (bicyclic) bond motifs is 1. The van der Waals surface area contributed by atoms with E-state index in [-0.39, 0.29) is 0 Å². The van der Waals surface area contributed by atoms with E-state index in [0.29, 0.717) is 0 Å². The summed E-state index contributed by atoms with van der Waals surface area (Å²) >= 11 is 2.07. The van der Waals surface area contributed by atoms with E-state index in [2.05, 4.69) is 22.4 Å². The molecule has 0 aliphatic carbocycles. The fraction of sp³-hybridized carbons (Fsp3) is 1.00. The predicted octanol–water partition coefficient (Wildman–Crippen LogP) is 0.0533. The number of hydrogen-bond donors (Lipinski definition) is 2. The minimum Gasteiger partial charge on any atom is -0.312 e. The van der Waals surface area contributed by atoms with Gasteiger partial charge < -0.3 is 10.6 Å². The molecule has 0 saturated carbocycles. The summed E-state index contributed by atoms with van der Waals surface area (Å²) in [4.78, 5) is 0. The van der Waals surface area contributed by atoms with Gasteiger partial charge in [0.2, 0.25) is 0 Å². The van der Waals surface area contributed by atoms with Gasteiger partial charge in [0.05, 0.1) is 0 Å². The van der Waals surface area contributed by atoms with Crippen LogP contribution in [-0.2, 0) is 0 Å². The van der Waals surface area contributed by atoms with Crippen LogP contribution in [0.15, 0.2) is 0 Å². The van der Waals surface area contributed by atoms with Crippen molar-refractivity contribution < 1.29 is 0 Å². The zero-order valence-electron chi connectivity index (χ0n) is 6.10. The van der Waals surface area contributed by atoms with Crippen LogP contribution in [0.3, 0.4) is 0 Å². The Labute approximate surface area is 66.1 Å². The standard InChI is InChI=1S/C7H14N2S/c1-2-8-7-5-10-4-3-9-6(1)7/h6-9H,1-5H2. The Balaban J connectivity index is 1.95. The molecule has 2 aliphatic rings. The van der Waals surface area contributed by atoms with E-state index < -0.39 is 0 Å². The number of rotatable bonds is 0. The minimum absolute atomic E-state index is 0.757. The molecule has 2 aliphatic heterocycles. The summed E-state index contributed by atoms with van der Waals surface area (Å²) in [5.74, 6) is 2.59. The molecular weight excluding hydrogens is 144 g/mol. The van der Waals surface area contributed by atoms with E-state index in [1.807, 2.05) is 0 Å². The maximum absolute atomic E-state index is 3.56. The van der Waals surface area contributed by atoms with Gasteiger partial charge in [0.15, 0.2) is 0 Å². The van der Waals surface area contributed by atoms with Crippen molar-refractivity contribution in [3.63, 3.8) is 0 Å². The Kier molecular flexibility index (Phi) is 2.16. The van der Waals surface area contributed by atoms with Crippen molar-refractivity contribution in [1.82, 2.24) is 10.6 Å². The largest absolute Gasteiger partial charge is 0.312 e. The molecule has 2 N–H and O–H groups in total. The van der Waals surface area contributed by atoms with Crippen molar-refractivity contribution in [2.24, 2.45) is 0 Å². The lowest BCUT2D eigenvalue weighted by molar-refractivity contribution is 0.499. The van der Waals surface area contributed by atoms with E-state index in [1.165, 1.54) is 31.0 Å². The molecule has 0 amide bonds. The highest BCUT2D eigenvalue weighted by atomic mass is 32.2. The third kappa shape index (κ3) is 1.31. The van der Waals surface area contributed by atoms with Crippen LogP contribution in [0.4, 0.5) is 0 Å². The molecule has 0 spiro atoms. The summed E-state index contributed by atoms with van der Waals surface area (Å²) < 4.78 is 0. The van der Waals surface area contributed by atoms with Gasteiger partial charge in [-0.05, 0) is 13.0 Å². The Hall–Kier alpha value is 0.270. The first-order valence-corrected chi connectivity index (χ1v) is 5.17. The van der Waals surface area contributed by atoms with E-state index in [1.54, 1.807) is 0 Å². The monoisotopic (exact) mass is 158 g/mol. The summed E-state index contributed by atoms with van der Waals surface area (Å²) in [7, 11) is 0. The Bertz CT molecular complexity index is 106. The molecule has 0 aromatic carbocycles. The second-order valence-corrected chi connectivity index (χ2v) is 4.13. The van der Waals surface area contributed by atoms with Crippen molar-refractivity contribution in [1.29, 1.82) is 0 Å². The highest BCUT2D eigenvalue weighted by molar-refractivity contribution is 7.99. The van der Waals surface area contributed by atoms with Gasteiger partial charge in [-0.15, -0.1) is 0 Å². The molecule has 3 heteroatoms. The number of hydrogen-bond acceptors (Lipinski definition) is 3. The number of thioether (sulfide) groups is 1. The first-order valence-electron chi connectivity index (χ1n) is 4.01. The molecule has 2 fully saturated rings. The Morgan fingerprint density at radius 1 is 1.10 bits per heavy atom. The zero-order valence-corrected chi connectivity index (χ0v) is 6.91. The van der Waals surface area contributed by atoms with Crippen LogP contribution < -0.4 is 10.6 Å². The average Bonchev–Trinajstić information content (AvgIpc) is 2.28. The molecule has 58 valence electrons. The van der Waals surface area contributed by atoms with Crippen LogP contribution in [-0.4, -0.2) is 36.7 Å². The first-order chi connectivity index (χ1) is 4.97. The first kappa shape index (κ1) is 6.95. The summed E-state index contributed by atoms with van der Waals surface area (Å²) in [5.41, 5.74) is 0. The lowest BCUT2D eigenvalue weighted by Gasteiger charge is -2.15. The van der Waals surface area contributed by atoms with Crippen molar-refractivity contribution in [2.45, 2.75) is 18.5 Å². The Morgan fingerprint density at radius 2 is 2.00 bits per heavy atom. The van der Waals surface area contributed by atoms with Crippen molar-refractivity contribution in [2.75, 3.05) is 24.6 Å². The predicted molar refractivity (Wildman–Crippen MR) is 45.5 cm³/mol. The molecule has 2 atom stereocenters. The summed E-state index contributed by atoms with van der Waals surface area (Å²) in [6, 6.07) is 1.53. The normalized spacial score (nSPS) is 40.8. The quantitative estimate of drug-likeness (QED) is 0.521. The van der Waals surface area contributed by atoms with Crippen LogP contribution in [0.25, 0.3) is 0 Å². The lowest BCUT2D eigenvalue weighted by Crippen LogP contribution is -2.40. The third-order valence-corrected chi connectivity index (χ3v) is 3.39. The molecule has 0 bridgehead atoms. The van der Waals surface area contributed by atoms with Gasteiger partial charge in [-0.25, -0.2) is 0 Å².